The first-order valence-electron chi connectivity index (χ1n) is 12.0. The first kappa shape index (κ1) is 24.0. The van der Waals surface area contributed by atoms with Gasteiger partial charge in [-0.3, -0.25) is 14.4 Å². The summed E-state index contributed by atoms with van der Waals surface area (Å²) >= 11 is 0. The quantitative estimate of drug-likeness (QED) is 0.400. The summed E-state index contributed by atoms with van der Waals surface area (Å²) in [4.78, 5) is 41.6. The third-order valence-electron chi connectivity index (χ3n) is 7.59. The largest absolute Gasteiger partial charge is 0.396 e. The zero-order chi connectivity index (χ0) is 22.6. The number of hydrogen-bond acceptors (Lipinski definition) is 5. The molecule has 3 fully saturated rings. The topological polar surface area (TPSA) is 108 Å². The van der Waals surface area contributed by atoms with Crippen LogP contribution < -0.4 is 10.6 Å². The van der Waals surface area contributed by atoms with Gasteiger partial charge in [-0.25, -0.2) is 0 Å². The van der Waals surface area contributed by atoms with Crippen LogP contribution in [0.25, 0.3) is 0 Å². The van der Waals surface area contributed by atoms with E-state index in [9.17, 15) is 14.4 Å². The van der Waals surface area contributed by atoms with Crippen LogP contribution in [0.3, 0.4) is 0 Å². The third-order valence-corrected chi connectivity index (χ3v) is 7.59. The first-order chi connectivity index (χ1) is 14.9. The second kappa shape index (κ2) is 9.86. The zero-order valence-electron chi connectivity index (χ0n) is 19.2. The Balaban J connectivity index is 1.90. The fourth-order valence-electron chi connectivity index (χ4n) is 6.07. The number of amides is 3. The van der Waals surface area contributed by atoms with Crippen LogP contribution in [0.4, 0.5) is 0 Å². The molecule has 31 heavy (non-hydrogen) atoms. The summed E-state index contributed by atoms with van der Waals surface area (Å²) < 4.78 is 6.62. The van der Waals surface area contributed by atoms with Gasteiger partial charge in [0, 0.05) is 26.7 Å². The van der Waals surface area contributed by atoms with Crippen molar-refractivity contribution in [3.8, 4) is 0 Å². The molecule has 0 saturated carbocycles. The number of aliphatic hydroxyl groups excluding tert-OH is 1. The van der Waals surface area contributed by atoms with Gasteiger partial charge in [-0.2, -0.15) is 0 Å². The number of fused-ring (bicyclic) bond motifs is 1. The highest BCUT2D eigenvalue weighted by Gasteiger charge is 2.78. The average molecular weight is 438 g/mol. The van der Waals surface area contributed by atoms with E-state index >= 15 is 0 Å². The molecule has 176 valence electrons. The van der Waals surface area contributed by atoms with Gasteiger partial charge >= 0.3 is 0 Å². The number of unbranched alkanes of at least 4 members (excludes halogenated alkanes) is 4. The van der Waals surface area contributed by atoms with E-state index in [1.54, 1.807) is 11.9 Å². The molecule has 3 heterocycles. The molecule has 0 aromatic rings. The van der Waals surface area contributed by atoms with E-state index in [4.69, 9.17) is 9.84 Å². The van der Waals surface area contributed by atoms with Crippen LogP contribution in [-0.2, 0) is 19.1 Å². The molecule has 3 aliphatic heterocycles. The molecular weight excluding hydrogens is 398 g/mol. The van der Waals surface area contributed by atoms with Crippen molar-refractivity contribution in [2.45, 2.75) is 88.9 Å². The van der Waals surface area contributed by atoms with Gasteiger partial charge in [0.15, 0.2) is 0 Å². The predicted molar refractivity (Wildman–Crippen MR) is 116 cm³/mol. The maximum atomic E-state index is 13.7. The standard InChI is InChI=1S/C23H39N3O5/c1-4-6-8-13-25-20(29)18-23-12-11-22(5-2,31-23)16(19(28)24-3)17(23)21(30)26(18)14-9-7-10-15-27/h16-18,27H,4-15H2,1-3H3,(H,24,28)(H,25,29)/t16-,17-,18?,22+,23?/m0/s1. The molecule has 3 N–H and O–H groups in total. The minimum absolute atomic E-state index is 0.114. The van der Waals surface area contributed by atoms with E-state index in [-0.39, 0.29) is 24.3 Å². The summed E-state index contributed by atoms with van der Waals surface area (Å²) in [5, 5.41) is 14.8. The van der Waals surface area contributed by atoms with Crippen molar-refractivity contribution in [1.82, 2.24) is 15.5 Å². The van der Waals surface area contributed by atoms with Gasteiger partial charge in [0.25, 0.3) is 0 Å². The summed E-state index contributed by atoms with van der Waals surface area (Å²) in [7, 11) is 1.59. The third kappa shape index (κ3) is 3.97. The summed E-state index contributed by atoms with van der Waals surface area (Å²) in [5.74, 6) is -1.67. The Bertz CT molecular complexity index is 686. The Morgan fingerprint density at radius 1 is 1.13 bits per heavy atom. The number of rotatable bonds is 12. The smallest absolute Gasteiger partial charge is 0.245 e. The van der Waals surface area contributed by atoms with Gasteiger partial charge in [0.2, 0.25) is 17.7 Å². The lowest BCUT2D eigenvalue weighted by molar-refractivity contribution is -0.147. The van der Waals surface area contributed by atoms with Crippen LogP contribution in [0.2, 0.25) is 0 Å². The first-order valence-corrected chi connectivity index (χ1v) is 12.0. The lowest BCUT2D eigenvalue weighted by Gasteiger charge is -2.33. The van der Waals surface area contributed by atoms with Crippen LogP contribution in [0, 0.1) is 11.8 Å². The van der Waals surface area contributed by atoms with Crippen molar-refractivity contribution in [2.24, 2.45) is 11.8 Å². The van der Waals surface area contributed by atoms with E-state index in [1.165, 1.54) is 0 Å². The van der Waals surface area contributed by atoms with Crippen molar-refractivity contribution >= 4 is 17.7 Å². The Hall–Kier alpha value is -1.67. The maximum Gasteiger partial charge on any atom is 0.245 e. The Morgan fingerprint density at radius 2 is 1.90 bits per heavy atom. The number of carbonyl (C=O) groups excluding carboxylic acids is 3. The molecule has 3 rings (SSSR count). The summed E-state index contributed by atoms with van der Waals surface area (Å²) in [5.41, 5.74) is -1.61. The van der Waals surface area contributed by atoms with Gasteiger partial charge in [-0.15, -0.1) is 0 Å². The van der Waals surface area contributed by atoms with Crippen LogP contribution in [-0.4, -0.2) is 71.7 Å². The van der Waals surface area contributed by atoms with Crippen molar-refractivity contribution in [2.75, 3.05) is 26.7 Å². The molecule has 3 amide bonds. The molecule has 2 bridgehead atoms. The van der Waals surface area contributed by atoms with E-state index in [2.05, 4.69) is 17.6 Å². The predicted octanol–water partition coefficient (Wildman–Crippen LogP) is 1.36. The van der Waals surface area contributed by atoms with Gasteiger partial charge in [0.1, 0.15) is 11.6 Å². The number of ether oxygens (including phenoxy) is 1. The highest BCUT2D eigenvalue weighted by Crippen LogP contribution is 2.64. The molecular formula is C23H39N3O5. The molecule has 0 radical (unpaired) electrons. The van der Waals surface area contributed by atoms with Crippen molar-refractivity contribution in [3.63, 3.8) is 0 Å². The highest BCUT2D eigenvalue weighted by molar-refractivity contribution is 5.99. The van der Waals surface area contributed by atoms with E-state index in [1.807, 2.05) is 6.92 Å². The van der Waals surface area contributed by atoms with Crippen molar-refractivity contribution in [3.05, 3.63) is 0 Å². The molecule has 0 aliphatic carbocycles. The number of likely N-dealkylation sites (tertiary alicyclic amines) is 1. The zero-order valence-corrected chi connectivity index (χ0v) is 19.2. The number of nitrogens with zero attached hydrogens (tertiary/aromatic N) is 1. The molecule has 3 saturated heterocycles. The van der Waals surface area contributed by atoms with Gasteiger partial charge in [-0.05, 0) is 44.9 Å². The molecule has 1 spiro atoms. The molecule has 2 unspecified atom stereocenters. The summed E-state index contributed by atoms with van der Waals surface area (Å²) in [6.07, 6.45) is 7.09. The van der Waals surface area contributed by atoms with Crippen LogP contribution >= 0.6 is 0 Å². The number of hydrogen-bond donors (Lipinski definition) is 3. The Labute approximate surface area is 185 Å². The lowest BCUT2D eigenvalue weighted by atomic mass is 9.65. The molecule has 8 heteroatoms. The minimum atomic E-state index is -0.934. The number of aliphatic hydroxyl groups is 1. The number of nitrogens with one attached hydrogen (secondary N) is 2. The Morgan fingerprint density at radius 3 is 2.55 bits per heavy atom. The van der Waals surface area contributed by atoms with Gasteiger partial charge in [-0.1, -0.05) is 26.7 Å². The second-order valence-electron chi connectivity index (χ2n) is 9.26. The molecule has 0 aromatic heterocycles. The summed E-state index contributed by atoms with van der Waals surface area (Å²) in [6.45, 7) is 5.24. The molecule has 0 aromatic carbocycles. The molecule has 8 nitrogen and oxygen atoms in total. The van der Waals surface area contributed by atoms with E-state index in [0.717, 1.165) is 25.7 Å². The summed E-state index contributed by atoms with van der Waals surface area (Å²) in [6, 6.07) is -0.705. The fourth-order valence-corrected chi connectivity index (χ4v) is 6.07. The highest BCUT2D eigenvalue weighted by atomic mass is 16.5. The van der Waals surface area contributed by atoms with E-state index in [0.29, 0.717) is 45.2 Å². The van der Waals surface area contributed by atoms with Crippen molar-refractivity contribution < 1.29 is 24.2 Å². The number of carbonyl (C=O) groups is 3. The molecule has 3 aliphatic rings. The van der Waals surface area contributed by atoms with E-state index < -0.39 is 29.1 Å². The average Bonchev–Trinajstić information content (AvgIpc) is 3.37. The van der Waals surface area contributed by atoms with Crippen LogP contribution in [0.5, 0.6) is 0 Å². The monoisotopic (exact) mass is 437 g/mol. The van der Waals surface area contributed by atoms with Crippen LogP contribution in [0.1, 0.15) is 71.6 Å². The minimum Gasteiger partial charge on any atom is -0.396 e. The normalized spacial score (nSPS) is 33.6. The second-order valence-corrected chi connectivity index (χ2v) is 9.26. The molecule has 5 atom stereocenters. The van der Waals surface area contributed by atoms with Crippen molar-refractivity contribution in [1.29, 1.82) is 0 Å². The SMILES string of the molecule is CCCCCNC(=O)C1N(CCCCCO)C(=O)[C@@H]2[C@@H](C(=O)NC)[C@@]3(CC)CCC12O3. The maximum absolute atomic E-state index is 13.7. The van der Waals surface area contributed by atoms with Gasteiger partial charge in [0.05, 0.1) is 17.4 Å². The Kier molecular flexibility index (Phi) is 7.63. The lowest BCUT2D eigenvalue weighted by Crippen LogP contribution is -2.55. The fraction of sp³-hybridized carbons (Fsp3) is 0.870. The van der Waals surface area contributed by atoms with Crippen LogP contribution in [0.15, 0.2) is 0 Å². The van der Waals surface area contributed by atoms with Gasteiger partial charge < -0.3 is 25.4 Å².